The Kier molecular flexibility index (Phi) is 6.02. The maximum absolute atomic E-state index is 9.15. The quantitative estimate of drug-likeness (QED) is 0.784. The largest absolute Gasteiger partial charge is 0.396 e. The van der Waals surface area contributed by atoms with E-state index in [-0.39, 0.29) is 13.2 Å². The van der Waals surface area contributed by atoms with Gasteiger partial charge in [-0.2, -0.15) is 0 Å². The second-order valence-corrected chi connectivity index (χ2v) is 6.67. The van der Waals surface area contributed by atoms with Crippen LogP contribution in [0.15, 0.2) is 42.5 Å². The van der Waals surface area contributed by atoms with E-state index in [1.54, 1.807) is 0 Å². The Morgan fingerprint density at radius 3 is 1.83 bits per heavy atom. The third-order valence-electron chi connectivity index (χ3n) is 4.77. The Morgan fingerprint density at radius 1 is 0.792 bits per heavy atom. The molecule has 0 spiro atoms. The summed E-state index contributed by atoms with van der Waals surface area (Å²) in [7, 11) is 0. The Labute approximate surface area is 144 Å². The molecule has 0 aliphatic carbocycles. The van der Waals surface area contributed by atoms with Crippen LogP contribution in [0.3, 0.4) is 0 Å². The predicted molar refractivity (Wildman–Crippen MR) is 96.6 cm³/mol. The third kappa shape index (κ3) is 4.23. The molecule has 24 heavy (non-hydrogen) atoms. The number of aryl methyl sites for hydroxylation is 2. The summed E-state index contributed by atoms with van der Waals surface area (Å²) in [6, 6.07) is 15.3. The first-order valence-corrected chi connectivity index (χ1v) is 8.91. The number of aliphatic hydroxyl groups is 2. The average Bonchev–Trinajstić information content (AvgIpc) is 2.99. The highest BCUT2D eigenvalue weighted by atomic mass is 16.3. The van der Waals surface area contributed by atoms with Crippen molar-refractivity contribution in [2.75, 3.05) is 13.2 Å². The van der Waals surface area contributed by atoms with E-state index in [1.165, 1.54) is 27.8 Å². The predicted octanol–water partition coefficient (Wildman–Crippen LogP) is 3.05. The molecule has 3 rings (SSSR count). The first-order chi connectivity index (χ1) is 11.8. The molecule has 0 amide bonds. The molecule has 0 bridgehead atoms. The average molecular weight is 325 g/mol. The normalized spacial score (nSPS) is 14.1. The minimum absolute atomic E-state index is 0.233. The van der Waals surface area contributed by atoms with Crippen LogP contribution in [0.2, 0.25) is 0 Å². The molecular weight excluding hydrogens is 298 g/mol. The van der Waals surface area contributed by atoms with E-state index in [4.69, 9.17) is 10.2 Å². The summed E-state index contributed by atoms with van der Waals surface area (Å²) in [5.41, 5.74) is 6.89. The van der Waals surface area contributed by atoms with Gasteiger partial charge in [-0.1, -0.05) is 42.5 Å². The van der Waals surface area contributed by atoms with Crippen molar-refractivity contribution in [2.24, 2.45) is 0 Å². The van der Waals surface area contributed by atoms with E-state index < -0.39 is 0 Å². The number of rotatable bonds is 8. The van der Waals surface area contributed by atoms with Crippen LogP contribution in [-0.4, -0.2) is 28.3 Å². The maximum Gasteiger partial charge on any atom is 0.0434 e. The van der Waals surface area contributed by atoms with Crippen molar-refractivity contribution in [1.29, 1.82) is 0 Å². The molecule has 0 atom stereocenters. The van der Waals surface area contributed by atoms with E-state index in [0.29, 0.717) is 0 Å². The Hall–Kier alpha value is -1.68. The van der Waals surface area contributed by atoms with Gasteiger partial charge < -0.3 is 10.2 Å². The van der Waals surface area contributed by atoms with Gasteiger partial charge in [-0.15, -0.1) is 0 Å². The van der Waals surface area contributed by atoms with Gasteiger partial charge in [0.25, 0.3) is 0 Å². The summed E-state index contributed by atoms with van der Waals surface area (Å²) >= 11 is 0. The molecule has 0 unspecified atom stereocenters. The standard InChI is InChI=1S/C21H27NO2/c23-10-4-8-18-12-20-15-22(14-17-6-2-1-3-7-17)16-21(20)13-19(18)9-5-11-24/h1-3,6-7,12-13,23-24H,4-5,8-11,14-16H2. The topological polar surface area (TPSA) is 43.7 Å². The van der Waals surface area contributed by atoms with Gasteiger partial charge in [0.2, 0.25) is 0 Å². The monoisotopic (exact) mass is 325 g/mol. The van der Waals surface area contributed by atoms with Crippen LogP contribution in [0.25, 0.3) is 0 Å². The zero-order chi connectivity index (χ0) is 16.8. The van der Waals surface area contributed by atoms with Crippen LogP contribution in [0.1, 0.15) is 40.7 Å². The van der Waals surface area contributed by atoms with Crippen molar-refractivity contribution < 1.29 is 10.2 Å². The highest BCUT2D eigenvalue weighted by molar-refractivity contribution is 5.41. The van der Waals surface area contributed by atoms with Crippen molar-refractivity contribution in [2.45, 2.75) is 45.3 Å². The van der Waals surface area contributed by atoms with Crippen LogP contribution in [0, 0.1) is 0 Å². The SMILES string of the molecule is OCCCc1cc2c(cc1CCCO)CN(Cc1ccccc1)C2. The zero-order valence-electron chi connectivity index (χ0n) is 14.2. The third-order valence-corrected chi connectivity index (χ3v) is 4.77. The number of hydrogen-bond donors (Lipinski definition) is 2. The number of nitrogens with zero attached hydrogens (tertiary/aromatic N) is 1. The van der Waals surface area contributed by atoms with Crippen LogP contribution in [0.4, 0.5) is 0 Å². The fourth-order valence-electron chi connectivity index (χ4n) is 3.58. The van der Waals surface area contributed by atoms with E-state index in [2.05, 4.69) is 47.4 Å². The molecule has 1 aliphatic heterocycles. The number of fused-ring (bicyclic) bond motifs is 1. The molecule has 3 heteroatoms. The van der Waals surface area contributed by atoms with Gasteiger partial charge in [0.1, 0.15) is 0 Å². The molecule has 2 aromatic carbocycles. The van der Waals surface area contributed by atoms with Gasteiger partial charge in [-0.05, 0) is 53.5 Å². The molecule has 0 fully saturated rings. The lowest BCUT2D eigenvalue weighted by Crippen LogP contribution is -2.15. The molecule has 0 aromatic heterocycles. The van der Waals surface area contributed by atoms with Gasteiger partial charge in [0.05, 0.1) is 0 Å². The molecule has 2 aromatic rings. The lowest BCUT2D eigenvalue weighted by Gasteiger charge is -2.14. The van der Waals surface area contributed by atoms with E-state index >= 15 is 0 Å². The summed E-state index contributed by atoms with van der Waals surface area (Å²) < 4.78 is 0. The van der Waals surface area contributed by atoms with Crippen molar-refractivity contribution in [1.82, 2.24) is 4.90 Å². The second-order valence-electron chi connectivity index (χ2n) is 6.67. The Morgan fingerprint density at radius 2 is 1.33 bits per heavy atom. The summed E-state index contributed by atoms with van der Waals surface area (Å²) in [6.45, 7) is 3.44. The van der Waals surface area contributed by atoms with Crippen molar-refractivity contribution in [3.8, 4) is 0 Å². The van der Waals surface area contributed by atoms with Crippen LogP contribution >= 0.6 is 0 Å². The number of hydrogen-bond acceptors (Lipinski definition) is 3. The first kappa shape index (κ1) is 17.2. The summed E-state index contributed by atoms with van der Waals surface area (Å²) in [6.07, 6.45) is 3.45. The molecule has 0 saturated heterocycles. The minimum Gasteiger partial charge on any atom is -0.396 e. The fraction of sp³-hybridized carbons (Fsp3) is 0.429. The summed E-state index contributed by atoms with van der Waals surface area (Å²) in [5.74, 6) is 0. The molecule has 3 nitrogen and oxygen atoms in total. The second kappa shape index (κ2) is 8.43. The Bertz CT molecular complexity index is 617. The van der Waals surface area contributed by atoms with Crippen LogP contribution in [-0.2, 0) is 32.5 Å². The van der Waals surface area contributed by atoms with Gasteiger partial charge >= 0.3 is 0 Å². The maximum atomic E-state index is 9.15. The lowest BCUT2D eigenvalue weighted by atomic mass is 9.94. The van der Waals surface area contributed by atoms with Gasteiger partial charge in [-0.3, -0.25) is 4.90 Å². The molecule has 128 valence electrons. The van der Waals surface area contributed by atoms with E-state index in [9.17, 15) is 0 Å². The first-order valence-electron chi connectivity index (χ1n) is 8.91. The summed E-state index contributed by atoms with van der Waals surface area (Å²) in [5, 5.41) is 18.3. The van der Waals surface area contributed by atoms with Gasteiger partial charge in [-0.25, -0.2) is 0 Å². The molecule has 1 aliphatic rings. The van der Waals surface area contributed by atoms with Crippen molar-refractivity contribution in [3.05, 3.63) is 70.3 Å². The smallest absolute Gasteiger partial charge is 0.0434 e. The molecular formula is C21H27NO2. The van der Waals surface area contributed by atoms with Crippen molar-refractivity contribution in [3.63, 3.8) is 0 Å². The Balaban J connectivity index is 1.74. The molecule has 2 N–H and O–H groups in total. The zero-order valence-corrected chi connectivity index (χ0v) is 14.2. The molecule has 0 radical (unpaired) electrons. The van der Waals surface area contributed by atoms with E-state index in [0.717, 1.165) is 45.3 Å². The number of benzene rings is 2. The minimum atomic E-state index is 0.233. The number of aliphatic hydroxyl groups excluding tert-OH is 2. The van der Waals surface area contributed by atoms with Gasteiger partial charge in [0.15, 0.2) is 0 Å². The fourth-order valence-corrected chi connectivity index (χ4v) is 3.58. The highest BCUT2D eigenvalue weighted by Crippen LogP contribution is 2.28. The van der Waals surface area contributed by atoms with Crippen molar-refractivity contribution >= 4 is 0 Å². The molecule has 1 heterocycles. The summed E-state index contributed by atoms with van der Waals surface area (Å²) in [4.78, 5) is 2.48. The highest BCUT2D eigenvalue weighted by Gasteiger charge is 2.21. The molecule has 0 saturated carbocycles. The van der Waals surface area contributed by atoms with E-state index in [1.807, 2.05) is 0 Å². The lowest BCUT2D eigenvalue weighted by molar-refractivity contribution is 0.275. The van der Waals surface area contributed by atoms with Crippen LogP contribution in [0.5, 0.6) is 0 Å². The van der Waals surface area contributed by atoms with Crippen LogP contribution < -0.4 is 0 Å². The van der Waals surface area contributed by atoms with Gasteiger partial charge in [0, 0.05) is 32.8 Å².